The minimum absolute atomic E-state index is 0.426. The second-order valence-corrected chi connectivity index (χ2v) is 4.96. The Bertz CT molecular complexity index is 534. The van der Waals surface area contributed by atoms with Crippen LogP contribution in [-0.4, -0.2) is 4.98 Å². The quantitative estimate of drug-likeness (QED) is 0.786. The lowest BCUT2D eigenvalue weighted by molar-refractivity contribution is 0.462. The second kappa shape index (κ2) is 5.07. The van der Waals surface area contributed by atoms with Crippen molar-refractivity contribution >= 4 is 27.5 Å². The van der Waals surface area contributed by atoms with Gasteiger partial charge in [-0.3, -0.25) is 0 Å². The third kappa shape index (κ3) is 2.79. The van der Waals surface area contributed by atoms with Gasteiger partial charge < -0.3 is 4.74 Å². The molecule has 88 valence electrons. The SMILES string of the molecule is Cc1cc(Oc2ncccc2Cl)cc(C)c1Br. The summed E-state index contributed by atoms with van der Waals surface area (Å²) in [4.78, 5) is 4.09. The topological polar surface area (TPSA) is 22.1 Å². The number of halogens is 2. The average molecular weight is 313 g/mol. The van der Waals surface area contributed by atoms with Gasteiger partial charge in [0.2, 0.25) is 5.88 Å². The molecule has 0 saturated carbocycles. The molecule has 0 aliphatic rings. The summed E-state index contributed by atoms with van der Waals surface area (Å²) in [6.07, 6.45) is 1.65. The molecule has 1 aromatic heterocycles. The number of aryl methyl sites for hydroxylation is 2. The smallest absolute Gasteiger partial charge is 0.238 e. The third-order valence-electron chi connectivity index (χ3n) is 2.35. The standard InChI is InChI=1S/C13H11BrClNO/c1-8-6-10(7-9(2)12(8)14)17-13-11(15)4-3-5-16-13/h3-7H,1-2H3. The van der Waals surface area contributed by atoms with Gasteiger partial charge in [-0.05, 0) is 49.2 Å². The number of benzene rings is 1. The number of hydrogen-bond acceptors (Lipinski definition) is 2. The molecule has 1 aromatic carbocycles. The predicted octanol–water partition coefficient (Wildman–Crippen LogP) is 4.91. The molecule has 0 unspecified atom stereocenters. The monoisotopic (exact) mass is 311 g/mol. The molecule has 0 aliphatic heterocycles. The molecule has 0 amide bonds. The number of pyridine rings is 1. The zero-order chi connectivity index (χ0) is 12.4. The lowest BCUT2D eigenvalue weighted by Crippen LogP contribution is -1.91. The van der Waals surface area contributed by atoms with Crippen LogP contribution < -0.4 is 4.74 Å². The summed E-state index contributed by atoms with van der Waals surface area (Å²) in [6, 6.07) is 7.42. The molecule has 0 N–H and O–H groups in total. The van der Waals surface area contributed by atoms with Crippen LogP contribution in [0.5, 0.6) is 11.6 Å². The Morgan fingerprint density at radius 1 is 1.24 bits per heavy atom. The van der Waals surface area contributed by atoms with Crippen LogP contribution in [0.2, 0.25) is 5.02 Å². The Balaban J connectivity index is 2.34. The van der Waals surface area contributed by atoms with Gasteiger partial charge in [0.15, 0.2) is 0 Å². The van der Waals surface area contributed by atoms with Gasteiger partial charge in [-0.2, -0.15) is 0 Å². The van der Waals surface area contributed by atoms with Gasteiger partial charge in [0.1, 0.15) is 10.8 Å². The van der Waals surface area contributed by atoms with Crippen LogP contribution in [0.4, 0.5) is 0 Å². The first-order valence-electron chi connectivity index (χ1n) is 5.13. The van der Waals surface area contributed by atoms with Crippen molar-refractivity contribution in [2.75, 3.05) is 0 Å². The van der Waals surface area contributed by atoms with E-state index in [-0.39, 0.29) is 0 Å². The number of aromatic nitrogens is 1. The molecule has 2 nitrogen and oxygen atoms in total. The van der Waals surface area contributed by atoms with Crippen molar-refractivity contribution < 1.29 is 4.74 Å². The first-order chi connectivity index (χ1) is 8.08. The molecule has 0 fully saturated rings. The maximum atomic E-state index is 5.99. The molecular weight excluding hydrogens is 302 g/mol. The molecular formula is C13H11BrClNO. The van der Waals surface area contributed by atoms with E-state index < -0.39 is 0 Å². The van der Waals surface area contributed by atoms with Crippen molar-refractivity contribution in [3.63, 3.8) is 0 Å². The van der Waals surface area contributed by atoms with E-state index in [1.807, 2.05) is 26.0 Å². The molecule has 2 rings (SSSR count). The molecule has 0 saturated heterocycles. The maximum absolute atomic E-state index is 5.99. The van der Waals surface area contributed by atoms with E-state index in [0.717, 1.165) is 21.3 Å². The van der Waals surface area contributed by atoms with Crippen LogP contribution in [0.25, 0.3) is 0 Å². The fourth-order valence-electron chi connectivity index (χ4n) is 1.52. The van der Waals surface area contributed by atoms with Crippen LogP contribution in [0.15, 0.2) is 34.9 Å². The molecule has 4 heteroatoms. The highest BCUT2D eigenvalue weighted by Gasteiger charge is 2.07. The summed E-state index contributed by atoms with van der Waals surface area (Å²) in [5, 5.41) is 0.505. The van der Waals surface area contributed by atoms with Gasteiger partial charge in [0.25, 0.3) is 0 Å². The summed E-state index contributed by atoms with van der Waals surface area (Å²) in [6.45, 7) is 4.04. The van der Waals surface area contributed by atoms with E-state index in [2.05, 4.69) is 20.9 Å². The number of hydrogen-bond donors (Lipinski definition) is 0. The highest BCUT2D eigenvalue weighted by Crippen LogP contribution is 2.31. The number of nitrogens with zero attached hydrogens (tertiary/aromatic N) is 1. The zero-order valence-electron chi connectivity index (χ0n) is 9.50. The van der Waals surface area contributed by atoms with Gasteiger partial charge in [-0.15, -0.1) is 0 Å². The zero-order valence-corrected chi connectivity index (χ0v) is 11.8. The minimum Gasteiger partial charge on any atom is -0.438 e. The summed E-state index contributed by atoms with van der Waals surface area (Å²) >= 11 is 9.50. The second-order valence-electron chi connectivity index (χ2n) is 3.76. The van der Waals surface area contributed by atoms with E-state index >= 15 is 0 Å². The molecule has 0 radical (unpaired) electrons. The third-order valence-corrected chi connectivity index (χ3v) is 3.89. The van der Waals surface area contributed by atoms with E-state index in [1.54, 1.807) is 18.3 Å². The molecule has 17 heavy (non-hydrogen) atoms. The molecule has 0 spiro atoms. The van der Waals surface area contributed by atoms with Crippen LogP contribution in [-0.2, 0) is 0 Å². The lowest BCUT2D eigenvalue weighted by atomic mass is 10.1. The Morgan fingerprint density at radius 3 is 2.47 bits per heavy atom. The molecule has 1 heterocycles. The fraction of sp³-hybridized carbons (Fsp3) is 0.154. The van der Waals surface area contributed by atoms with Crippen molar-refractivity contribution in [2.45, 2.75) is 13.8 Å². The molecule has 0 aliphatic carbocycles. The summed E-state index contributed by atoms with van der Waals surface area (Å²) < 4.78 is 6.76. The van der Waals surface area contributed by atoms with E-state index in [9.17, 15) is 0 Å². The van der Waals surface area contributed by atoms with Crippen LogP contribution in [0, 0.1) is 13.8 Å². The van der Waals surface area contributed by atoms with Crippen molar-refractivity contribution in [1.29, 1.82) is 0 Å². The molecule has 2 aromatic rings. The Morgan fingerprint density at radius 2 is 1.88 bits per heavy atom. The molecule has 0 atom stereocenters. The average Bonchev–Trinajstić information content (AvgIpc) is 2.29. The normalized spacial score (nSPS) is 10.4. The highest BCUT2D eigenvalue weighted by atomic mass is 79.9. The Labute approximate surface area is 114 Å². The Kier molecular flexibility index (Phi) is 3.69. The van der Waals surface area contributed by atoms with Crippen molar-refractivity contribution in [3.8, 4) is 11.6 Å². The Hall–Kier alpha value is -1.06. The highest BCUT2D eigenvalue weighted by molar-refractivity contribution is 9.10. The van der Waals surface area contributed by atoms with Gasteiger partial charge in [0.05, 0.1) is 0 Å². The van der Waals surface area contributed by atoms with E-state index in [0.29, 0.717) is 10.9 Å². The predicted molar refractivity (Wildman–Crippen MR) is 72.9 cm³/mol. The number of rotatable bonds is 2. The molecule has 0 bridgehead atoms. The van der Waals surface area contributed by atoms with Gasteiger partial charge in [-0.1, -0.05) is 27.5 Å². The first-order valence-corrected chi connectivity index (χ1v) is 6.30. The first kappa shape index (κ1) is 12.4. The maximum Gasteiger partial charge on any atom is 0.238 e. The van der Waals surface area contributed by atoms with Crippen molar-refractivity contribution in [3.05, 3.63) is 51.1 Å². The number of ether oxygens (including phenoxy) is 1. The van der Waals surface area contributed by atoms with Gasteiger partial charge in [0, 0.05) is 10.7 Å². The van der Waals surface area contributed by atoms with Crippen LogP contribution in [0.1, 0.15) is 11.1 Å². The summed E-state index contributed by atoms with van der Waals surface area (Å²) in [5.41, 5.74) is 2.24. The van der Waals surface area contributed by atoms with E-state index in [4.69, 9.17) is 16.3 Å². The van der Waals surface area contributed by atoms with Gasteiger partial charge in [-0.25, -0.2) is 4.98 Å². The summed E-state index contributed by atoms with van der Waals surface area (Å²) in [5.74, 6) is 1.17. The fourth-order valence-corrected chi connectivity index (χ4v) is 1.91. The lowest BCUT2D eigenvalue weighted by Gasteiger charge is -2.09. The van der Waals surface area contributed by atoms with Crippen molar-refractivity contribution in [1.82, 2.24) is 4.98 Å². The minimum atomic E-state index is 0.426. The van der Waals surface area contributed by atoms with Crippen LogP contribution >= 0.6 is 27.5 Å². The van der Waals surface area contributed by atoms with E-state index in [1.165, 1.54) is 0 Å². The largest absolute Gasteiger partial charge is 0.438 e. The van der Waals surface area contributed by atoms with Crippen molar-refractivity contribution in [2.24, 2.45) is 0 Å². The van der Waals surface area contributed by atoms with Gasteiger partial charge >= 0.3 is 0 Å². The summed E-state index contributed by atoms with van der Waals surface area (Å²) in [7, 11) is 0. The van der Waals surface area contributed by atoms with Crippen LogP contribution in [0.3, 0.4) is 0 Å².